The zero-order valence-corrected chi connectivity index (χ0v) is 13.3. The van der Waals surface area contributed by atoms with Gasteiger partial charge in [-0.15, -0.1) is 10.2 Å². The van der Waals surface area contributed by atoms with Crippen LogP contribution in [0.25, 0.3) is 11.3 Å². The minimum atomic E-state index is -0.256. The third kappa shape index (κ3) is 4.77. The number of benzene rings is 1. The van der Waals surface area contributed by atoms with Crippen molar-refractivity contribution < 1.29 is 9.13 Å². The molecule has 0 radical (unpaired) electrons. The first-order chi connectivity index (χ1) is 10.5. The van der Waals surface area contributed by atoms with E-state index in [1.807, 2.05) is 12.1 Å². The van der Waals surface area contributed by atoms with E-state index < -0.39 is 0 Å². The second kappa shape index (κ2) is 7.31. The standard InChI is InChI=1S/C17H22FN3O/c1-17(2,10-11-22-3)12-19-16-9-8-15(20-21-16)13-4-6-14(18)7-5-13/h4-9H,10-12H2,1-3H3,(H,19,21). The molecule has 0 amide bonds. The predicted octanol–water partition coefficient (Wildman–Crippen LogP) is 3.76. The van der Waals surface area contributed by atoms with Crippen molar-refractivity contribution in [3.8, 4) is 11.3 Å². The summed E-state index contributed by atoms with van der Waals surface area (Å²) >= 11 is 0. The number of nitrogens with zero attached hydrogens (tertiary/aromatic N) is 2. The highest BCUT2D eigenvalue weighted by Gasteiger charge is 2.17. The number of methoxy groups -OCH3 is 1. The van der Waals surface area contributed by atoms with Crippen LogP contribution in [0.5, 0.6) is 0 Å². The van der Waals surface area contributed by atoms with Gasteiger partial charge >= 0.3 is 0 Å². The number of aromatic nitrogens is 2. The molecule has 118 valence electrons. The lowest BCUT2D eigenvalue weighted by molar-refractivity contribution is 0.157. The van der Waals surface area contributed by atoms with Gasteiger partial charge in [0.1, 0.15) is 11.6 Å². The minimum absolute atomic E-state index is 0.118. The molecule has 0 saturated carbocycles. The Kier molecular flexibility index (Phi) is 5.44. The maximum Gasteiger partial charge on any atom is 0.148 e. The minimum Gasteiger partial charge on any atom is -0.385 e. The van der Waals surface area contributed by atoms with Gasteiger partial charge in [-0.2, -0.15) is 0 Å². The van der Waals surface area contributed by atoms with Gasteiger partial charge < -0.3 is 10.1 Å². The molecular weight excluding hydrogens is 281 g/mol. The molecule has 0 spiro atoms. The van der Waals surface area contributed by atoms with Crippen molar-refractivity contribution in [2.45, 2.75) is 20.3 Å². The third-order valence-electron chi connectivity index (χ3n) is 3.54. The highest BCUT2D eigenvalue weighted by Crippen LogP contribution is 2.21. The normalized spacial score (nSPS) is 11.5. The van der Waals surface area contributed by atoms with E-state index in [9.17, 15) is 4.39 Å². The number of hydrogen-bond acceptors (Lipinski definition) is 4. The summed E-state index contributed by atoms with van der Waals surface area (Å²) in [7, 11) is 1.71. The van der Waals surface area contributed by atoms with Gasteiger partial charge in [0.05, 0.1) is 5.69 Å². The molecule has 1 aromatic heterocycles. The molecule has 0 aliphatic rings. The smallest absolute Gasteiger partial charge is 0.148 e. The van der Waals surface area contributed by atoms with Crippen molar-refractivity contribution in [2.24, 2.45) is 5.41 Å². The second-order valence-corrected chi connectivity index (χ2v) is 6.07. The summed E-state index contributed by atoms with van der Waals surface area (Å²) in [6.45, 7) is 5.89. The third-order valence-corrected chi connectivity index (χ3v) is 3.54. The Labute approximate surface area is 130 Å². The molecule has 0 atom stereocenters. The van der Waals surface area contributed by atoms with Crippen LogP contribution in [0.1, 0.15) is 20.3 Å². The average Bonchev–Trinajstić information content (AvgIpc) is 2.52. The number of hydrogen-bond donors (Lipinski definition) is 1. The van der Waals surface area contributed by atoms with Crippen LogP contribution in [-0.2, 0) is 4.74 Å². The Balaban J connectivity index is 1.96. The maximum absolute atomic E-state index is 12.9. The molecule has 2 aromatic rings. The number of nitrogens with one attached hydrogen (secondary N) is 1. The van der Waals surface area contributed by atoms with E-state index in [0.717, 1.165) is 36.6 Å². The van der Waals surface area contributed by atoms with Gasteiger partial charge in [0.2, 0.25) is 0 Å². The topological polar surface area (TPSA) is 47.0 Å². The Bertz CT molecular complexity index is 582. The fourth-order valence-corrected chi connectivity index (χ4v) is 2.00. The highest BCUT2D eigenvalue weighted by molar-refractivity contribution is 5.59. The fourth-order valence-electron chi connectivity index (χ4n) is 2.00. The van der Waals surface area contributed by atoms with Crippen molar-refractivity contribution in [3.63, 3.8) is 0 Å². The van der Waals surface area contributed by atoms with Gasteiger partial charge in [0, 0.05) is 25.8 Å². The Morgan fingerprint density at radius 2 is 1.82 bits per heavy atom. The van der Waals surface area contributed by atoms with Crippen LogP contribution in [0.2, 0.25) is 0 Å². The van der Waals surface area contributed by atoms with Crippen LogP contribution in [-0.4, -0.2) is 30.5 Å². The SMILES string of the molecule is COCCC(C)(C)CNc1ccc(-c2ccc(F)cc2)nn1. The van der Waals surface area contributed by atoms with E-state index in [4.69, 9.17) is 4.74 Å². The van der Waals surface area contributed by atoms with Crippen LogP contribution in [0.15, 0.2) is 36.4 Å². The molecule has 4 nitrogen and oxygen atoms in total. The lowest BCUT2D eigenvalue weighted by atomic mass is 9.90. The molecule has 0 aliphatic heterocycles. The number of halogens is 1. The van der Waals surface area contributed by atoms with Crippen LogP contribution >= 0.6 is 0 Å². The molecule has 0 saturated heterocycles. The average molecular weight is 303 g/mol. The van der Waals surface area contributed by atoms with Crippen LogP contribution in [0, 0.1) is 11.2 Å². The van der Waals surface area contributed by atoms with E-state index in [1.165, 1.54) is 12.1 Å². The molecular formula is C17H22FN3O. The summed E-state index contributed by atoms with van der Waals surface area (Å²) in [5.41, 5.74) is 1.69. The predicted molar refractivity (Wildman–Crippen MR) is 86.2 cm³/mol. The monoisotopic (exact) mass is 303 g/mol. The van der Waals surface area contributed by atoms with E-state index in [1.54, 1.807) is 19.2 Å². The van der Waals surface area contributed by atoms with Crippen LogP contribution in [0.4, 0.5) is 10.2 Å². The molecule has 1 N–H and O–H groups in total. The van der Waals surface area contributed by atoms with E-state index in [0.29, 0.717) is 0 Å². The van der Waals surface area contributed by atoms with Gasteiger partial charge in [-0.3, -0.25) is 0 Å². The Morgan fingerprint density at radius 1 is 1.09 bits per heavy atom. The molecule has 0 unspecified atom stereocenters. The number of ether oxygens (including phenoxy) is 1. The van der Waals surface area contributed by atoms with Crippen molar-refractivity contribution in [1.82, 2.24) is 10.2 Å². The van der Waals surface area contributed by atoms with Crippen molar-refractivity contribution in [1.29, 1.82) is 0 Å². The van der Waals surface area contributed by atoms with Crippen molar-refractivity contribution in [2.75, 3.05) is 25.6 Å². The maximum atomic E-state index is 12.9. The molecule has 0 fully saturated rings. The van der Waals surface area contributed by atoms with Gasteiger partial charge in [-0.05, 0) is 48.2 Å². The summed E-state index contributed by atoms with van der Waals surface area (Å²) in [6.07, 6.45) is 0.970. The first-order valence-electron chi connectivity index (χ1n) is 7.33. The Morgan fingerprint density at radius 3 is 2.41 bits per heavy atom. The fraction of sp³-hybridized carbons (Fsp3) is 0.412. The molecule has 1 heterocycles. The molecule has 2 rings (SSSR count). The summed E-state index contributed by atoms with van der Waals surface area (Å²) in [6, 6.07) is 9.99. The van der Waals surface area contributed by atoms with Crippen LogP contribution in [0.3, 0.4) is 0 Å². The van der Waals surface area contributed by atoms with Crippen molar-refractivity contribution in [3.05, 3.63) is 42.2 Å². The van der Waals surface area contributed by atoms with Crippen LogP contribution < -0.4 is 5.32 Å². The molecule has 5 heteroatoms. The molecule has 22 heavy (non-hydrogen) atoms. The summed E-state index contributed by atoms with van der Waals surface area (Å²) < 4.78 is 18.0. The zero-order chi connectivity index (χ0) is 16.0. The van der Waals surface area contributed by atoms with Gasteiger partial charge in [0.15, 0.2) is 0 Å². The highest BCUT2D eigenvalue weighted by atomic mass is 19.1. The first-order valence-corrected chi connectivity index (χ1v) is 7.33. The largest absolute Gasteiger partial charge is 0.385 e. The molecule has 0 bridgehead atoms. The second-order valence-electron chi connectivity index (χ2n) is 6.07. The lowest BCUT2D eigenvalue weighted by Gasteiger charge is -2.24. The zero-order valence-electron chi connectivity index (χ0n) is 13.3. The molecule has 1 aromatic carbocycles. The summed E-state index contributed by atoms with van der Waals surface area (Å²) in [5.74, 6) is 0.477. The summed E-state index contributed by atoms with van der Waals surface area (Å²) in [5, 5.41) is 11.6. The molecule has 0 aliphatic carbocycles. The van der Waals surface area contributed by atoms with Gasteiger partial charge in [0.25, 0.3) is 0 Å². The van der Waals surface area contributed by atoms with Gasteiger partial charge in [-0.25, -0.2) is 4.39 Å². The van der Waals surface area contributed by atoms with E-state index >= 15 is 0 Å². The van der Waals surface area contributed by atoms with Gasteiger partial charge in [-0.1, -0.05) is 13.8 Å². The quantitative estimate of drug-likeness (QED) is 0.846. The number of rotatable bonds is 7. The van der Waals surface area contributed by atoms with Crippen molar-refractivity contribution >= 4 is 5.82 Å². The number of anilines is 1. The van der Waals surface area contributed by atoms with E-state index in [-0.39, 0.29) is 11.2 Å². The van der Waals surface area contributed by atoms with E-state index in [2.05, 4.69) is 29.4 Å². The summed E-state index contributed by atoms with van der Waals surface area (Å²) in [4.78, 5) is 0. The first kappa shape index (κ1) is 16.4. The Hall–Kier alpha value is -2.01. The lowest BCUT2D eigenvalue weighted by Crippen LogP contribution is -2.25.